The highest BCUT2D eigenvalue weighted by atomic mass is 16.5. The second kappa shape index (κ2) is 8.10. The van der Waals surface area contributed by atoms with Gasteiger partial charge in [0.1, 0.15) is 0 Å². The fourth-order valence-corrected chi connectivity index (χ4v) is 4.66. The van der Waals surface area contributed by atoms with Gasteiger partial charge in [-0.2, -0.15) is 0 Å². The molecule has 26 heavy (non-hydrogen) atoms. The van der Waals surface area contributed by atoms with E-state index >= 15 is 0 Å². The maximum atomic E-state index is 12.6. The molecule has 1 saturated heterocycles. The molecule has 2 atom stereocenters. The van der Waals surface area contributed by atoms with Crippen LogP contribution in [0.1, 0.15) is 62.8 Å². The number of carbonyl (C=O) groups is 1. The molecule has 1 amide bonds. The summed E-state index contributed by atoms with van der Waals surface area (Å²) in [4.78, 5) is 14.6. The molecule has 2 aliphatic carbocycles. The quantitative estimate of drug-likeness (QED) is 0.879. The summed E-state index contributed by atoms with van der Waals surface area (Å²) in [6, 6.07) is 11.0. The Bertz CT molecular complexity index is 593. The number of carbonyl (C=O) groups excluding carboxylic acids is 1. The number of likely N-dealkylation sites (tertiary alicyclic amines) is 1. The minimum absolute atomic E-state index is 0.0621. The van der Waals surface area contributed by atoms with Crippen molar-refractivity contribution in [1.82, 2.24) is 4.90 Å². The molecule has 3 aliphatic rings. The standard InChI is InChI=1S/C22H32N2O2/c23-20-7-4-14-24(22(25)18-8-9-18)21(20)15-26-19-12-10-17(11-13-19)16-5-2-1-3-6-16/h1-3,5-6,17-21H,4,7-15,23H2/t17?,19?,20-,21-/m0/s1. The molecule has 0 aromatic heterocycles. The lowest BCUT2D eigenvalue weighted by atomic mass is 9.83. The first-order valence-electron chi connectivity index (χ1n) is 10.4. The zero-order valence-electron chi connectivity index (χ0n) is 15.7. The highest BCUT2D eigenvalue weighted by Gasteiger charge is 2.40. The molecule has 4 rings (SSSR count). The first-order chi connectivity index (χ1) is 12.7. The Kier molecular flexibility index (Phi) is 5.60. The SMILES string of the molecule is N[C@H]1CCCN(C(=O)C2CC2)[C@H]1COC1CCC(c2ccccc2)CC1. The third kappa shape index (κ3) is 4.12. The second-order valence-electron chi connectivity index (χ2n) is 8.40. The molecule has 142 valence electrons. The van der Waals surface area contributed by atoms with E-state index in [9.17, 15) is 4.79 Å². The number of piperidine rings is 1. The summed E-state index contributed by atoms with van der Waals surface area (Å²) in [6.45, 7) is 1.47. The summed E-state index contributed by atoms with van der Waals surface area (Å²) in [5.74, 6) is 1.26. The van der Waals surface area contributed by atoms with E-state index in [0.29, 0.717) is 24.5 Å². The number of benzene rings is 1. The Balaban J connectivity index is 1.28. The van der Waals surface area contributed by atoms with Gasteiger partial charge in [-0.05, 0) is 62.8 Å². The number of nitrogens with zero attached hydrogens (tertiary/aromatic N) is 1. The number of amides is 1. The van der Waals surface area contributed by atoms with E-state index in [1.54, 1.807) is 0 Å². The van der Waals surface area contributed by atoms with Gasteiger partial charge in [-0.25, -0.2) is 0 Å². The molecule has 1 aliphatic heterocycles. The van der Waals surface area contributed by atoms with E-state index in [0.717, 1.165) is 45.1 Å². The Labute approximate surface area is 157 Å². The molecule has 1 aromatic rings. The predicted molar refractivity (Wildman–Crippen MR) is 103 cm³/mol. The van der Waals surface area contributed by atoms with Crippen molar-refractivity contribution in [3.05, 3.63) is 35.9 Å². The summed E-state index contributed by atoms with van der Waals surface area (Å²) in [7, 11) is 0. The average Bonchev–Trinajstić information content (AvgIpc) is 3.53. The van der Waals surface area contributed by atoms with Crippen LogP contribution in [0.5, 0.6) is 0 Å². The minimum atomic E-state index is 0.0621. The summed E-state index contributed by atoms with van der Waals surface area (Å²) >= 11 is 0. The molecule has 4 nitrogen and oxygen atoms in total. The van der Waals surface area contributed by atoms with Crippen LogP contribution >= 0.6 is 0 Å². The summed E-state index contributed by atoms with van der Waals surface area (Å²) in [5, 5.41) is 0. The molecule has 0 spiro atoms. The zero-order chi connectivity index (χ0) is 17.9. The van der Waals surface area contributed by atoms with Crippen molar-refractivity contribution in [3.63, 3.8) is 0 Å². The average molecular weight is 357 g/mol. The first-order valence-corrected chi connectivity index (χ1v) is 10.4. The van der Waals surface area contributed by atoms with E-state index in [1.807, 2.05) is 4.90 Å². The smallest absolute Gasteiger partial charge is 0.226 e. The molecule has 0 radical (unpaired) electrons. The lowest BCUT2D eigenvalue weighted by Gasteiger charge is -2.41. The van der Waals surface area contributed by atoms with Crippen molar-refractivity contribution in [3.8, 4) is 0 Å². The van der Waals surface area contributed by atoms with E-state index in [4.69, 9.17) is 10.5 Å². The third-order valence-electron chi connectivity index (χ3n) is 6.49. The van der Waals surface area contributed by atoms with Crippen LogP contribution in [-0.4, -0.2) is 42.1 Å². The van der Waals surface area contributed by atoms with Gasteiger partial charge in [-0.15, -0.1) is 0 Å². The highest BCUT2D eigenvalue weighted by Crippen LogP contribution is 2.35. The van der Waals surface area contributed by atoms with E-state index in [-0.39, 0.29) is 18.0 Å². The van der Waals surface area contributed by atoms with E-state index in [1.165, 1.54) is 18.4 Å². The van der Waals surface area contributed by atoms with Gasteiger partial charge in [0, 0.05) is 18.5 Å². The second-order valence-corrected chi connectivity index (χ2v) is 8.40. The van der Waals surface area contributed by atoms with Crippen molar-refractivity contribution in [1.29, 1.82) is 0 Å². The normalized spacial score (nSPS) is 32.4. The van der Waals surface area contributed by atoms with E-state index in [2.05, 4.69) is 30.3 Å². The van der Waals surface area contributed by atoms with Gasteiger partial charge in [0.05, 0.1) is 18.8 Å². The summed E-state index contributed by atoms with van der Waals surface area (Å²) in [6.07, 6.45) is 9.06. The van der Waals surface area contributed by atoms with Crippen LogP contribution in [0.15, 0.2) is 30.3 Å². The van der Waals surface area contributed by atoms with E-state index < -0.39 is 0 Å². The number of nitrogens with two attached hydrogens (primary N) is 1. The van der Waals surface area contributed by atoms with Gasteiger partial charge in [-0.1, -0.05) is 30.3 Å². The summed E-state index contributed by atoms with van der Waals surface area (Å²) in [5.41, 5.74) is 7.83. The van der Waals surface area contributed by atoms with Crippen LogP contribution < -0.4 is 5.73 Å². The lowest BCUT2D eigenvalue weighted by molar-refractivity contribution is -0.139. The van der Waals surface area contributed by atoms with Gasteiger partial charge < -0.3 is 15.4 Å². The molecule has 3 fully saturated rings. The molecule has 0 unspecified atom stereocenters. The van der Waals surface area contributed by atoms with Crippen LogP contribution in [0, 0.1) is 5.92 Å². The Hall–Kier alpha value is -1.39. The maximum Gasteiger partial charge on any atom is 0.226 e. The van der Waals surface area contributed by atoms with Crippen LogP contribution in [0.4, 0.5) is 0 Å². The van der Waals surface area contributed by atoms with Crippen LogP contribution in [0.3, 0.4) is 0 Å². The van der Waals surface area contributed by atoms with Crippen LogP contribution in [0.2, 0.25) is 0 Å². The number of hydrogen-bond acceptors (Lipinski definition) is 3. The molecule has 1 heterocycles. The van der Waals surface area contributed by atoms with Crippen LogP contribution in [0.25, 0.3) is 0 Å². The molecule has 2 N–H and O–H groups in total. The number of ether oxygens (including phenoxy) is 1. The molecular weight excluding hydrogens is 324 g/mol. The van der Waals surface area contributed by atoms with Crippen LogP contribution in [-0.2, 0) is 9.53 Å². The molecular formula is C22H32N2O2. The monoisotopic (exact) mass is 356 g/mol. The zero-order valence-corrected chi connectivity index (χ0v) is 15.7. The Morgan fingerprint density at radius 3 is 2.46 bits per heavy atom. The minimum Gasteiger partial charge on any atom is -0.376 e. The largest absolute Gasteiger partial charge is 0.376 e. The number of rotatable bonds is 5. The van der Waals surface area contributed by atoms with Gasteiger partial charge >= 0.3 is 0 Å². The van der Waals surface area contributed by atoms with Gasteiger partial charge in [0.2, 0.25) is 5.91 Å². The summed E-state index contributed by atoms with van der Waals surface area (Å²) < 4.78 is 6.28. The topological polar surface area (TPSA) is 55.6 Å². The fourth-order valence-electron chi connectivity index (χ4n) is 4.66. The highest BCUT2D eigenvalue weighted by molar-refractivity contribution is 5.81. The first kappa shape index (κ1) is 18.0. The van der Waals surface area contributed by atoms with Crippen molar-refractivity contribution >= 4 is 5.91 Å². The van der Waals surface area contributed by atoms with Gasteiger partial charge in [0.25, 0.3) is 0 Å². The Morgan fingerprint density at radius 1 is 1.04 bits per heavy atom. The molecule has 0 bridgehead atoms. The number of hydrogen-bond donors (Lipinski definition) is 1. The third-order valence-corrected chi connectivity index (χ3v) is 6.49. The molecule has 1 aromatic carbocycles. The molecule has 2 saturated carbocycles. The van der Waals surface area contributed by atoms with Gasteiger partial charge in [-0.3, -0.25) is 4.79 Å². The van der Waals surface area contributed by atoms with Crippen molar-refractivity contribution < 1.29 is 9.53 Å². The van der Waals surface area contributed by atoms with Crippen molar-refractivity contribution in [2.75, 3.05) is 13.2 Å². The molecule has 4 heteroatoms. The Morgan fingerprint density at radius 2 is 1.77 bits per heavy atom. The predicted octanol–water partition coefficient (Wildman–Crippen LogP) is 3.46. The van der Waals surface area contributed by atoms with Crippen molar-refractivity contribution in [2.24, 2.45) is 11.7 Å². The fraction of sp³-hybridized carbons (Fsp3) is 0.682. The maximum absolute atomic E-state index is 12.6. The lowest BCUT2D eigenvalue weighted by Crippen LogP contribution is -2.57. The van der Waals surface area contributed by atoms with Gasteiger partial charge in [0.15, 0.2) is 0 Å². The van der Waals surface area contributed by atoms with Crippen molar-refractivity contribution in [2.45, 2.75) is 75.5 Å².